The van der Waals surface area contributed by atoms with Gasteiger partial charge in [0, 0.05) is 6.20 Å². The molecule has 3 aromatic rings. The number of nitrogens with one attached hydrogen (secondary N) is 1. The van der Waals surface area contributed by atoms with E-state index < -0.39 is 17.3 Å². The summed E-state index contributed by atoms with van der Waals surface area (Å²) in [5.74, 6) is 0. The molecule has 0 saturated heterocycles. The number of anilines is 1. The zero-order chi connectivity index (χ0) is 16.9. The van der Waals surface area contributed by atoms with Gasteiger partial charge in [-0.15, -0.1) is 0 Å². The van der Waals surface area contributed by atoms with Gasteiger partial charge in [0.15, 0.2) is 0 Å². The van der Waals surface area contributed by atoms with Gasteiger partial charge in [-0.3, -0.25) is 0 Å². The summed E-state index contributed by atoms with van der Waals surface area (Å²) in [4.78, 5) is 0. The first-order valence-electron chi connectivity index (χ1n) is 7.63. The van der Waals surface area contributed by atoms with Crippen LogP contribution in [0.1, 0.15) is 23.7 Å². The molecule has 0 amide bonds. The molecule has 0 bridgehead atoms. The summed E-state index contributed by atoms with van der Waals surface area (Å²) in [5, 5.41) is 3.49. The van der Waals surface area contributed by atoms with Crippen LogP contribution < -0.4 is 5.32 Å². The van der Waals surface area contributed by atoms with Gasteiger partial charge >= 0.3 is 6.18 Å². The van der Waals surface area contributed by atoms with Crippen LogP contribution in [0.4, 0.5) is 18.9 Å². The van der Waals surface area contributed by atoms with Crippen molar-refractivity contribution in [2.75, 3.05) is 5.32 Å². The highest BCUT2D eigenvalue weighted by Crippen LogP contribution is 2.41. The molecule has 0 saturated carbocycles. The number of nitrogens with zero attached hydrogens (tertiary/aromatic N) is 1. The van der Waals surface area contributed by atoms with Crippen LogP contribution in [-0.2, 0) is 11.7 Å². The van der Waals surface area contributed by atoms with E-state index in [4.69, 9.17) is 0 Å². The number of alkyl halides is 3. The minimum Gasteiger partial charge on any atom is -0.369 e. The van der Waals surface area contributed by atoms with Crippen LogP contribution in [0.2, 0.25) is 0 Å². The summed E-state index contributed by atoms with van der Waals surface area (Å²) in [6.07, 6.45) is -2.36. The first-order valence-corrected chi connectivity index (χ1v) is 7.63. The molecule has 122 valence electrons. The van der Waals surface area contributed by atoms with Crippen molar-refractivity contribution < 1.29 is 13.2 Å². The number of hydrogen-bond acceptors (Lipinski definition) is 1. The molecule has 0 fully saturated rings. The number of para-hydroxylation sites is 2. The highest BCUT2D eigenvalue weighted by molar-refractivity contribution is 5.68. The van der Waals surface area contributed by atoms with E-state index in [1.165, 1.54) is 0 Å². The van der Waals surface area contributed by atoms with Crippen LogP contribution in [0.25, 0.3) is 5.69 Å². The van der Waals surface area contributed by atoms with Gasteiger partial charge in [0.25, 0.3) is 0 Å². The Kier molecular flexibility index (Phi) is 3.04. The van der Waals surface area contributed by atoms with Crippen molar-refractivity contribution in [3.05, 3.63) is 83.7 Å². The van der Waals surface area contributed by atoms with E-state index in [2.05, 4.69) is 9.88 Å². The van der Waals surface area contributed by atoms with E-state index in [-0.39, 0.29) is 0 Å². The normalized spacial score (nSPS) is 19.3. The Balaban J connectivity index is 1.84. The molecule has 1 N–H and O–H groups in total. The van der Waals surface area contributed by atoms with Crippen LogP contribution in [0.5, 0.6) is 0 Å². The second-order valence-electron chi connectivity index (χ2n) is 6.11. The lowest BCUT2D eigenvalue weighted by Crippen LogP contribution is -2.38. The number of hydrogen-bond donors (Lipinski definition) is 1. The van der Waals surface area contributed by atoms with E-state index in [0.717, 1.165) is 34.8 Å². The SMILES string of the molecule is CC1(c2ccc(C(F)(F)F)cc2)Nc2ccccc2-n2cccc21. The fraction of sp³-hybridized carbons (Fsp3) is 0.158. The third-order valence-corrected chi connectivity index (χ3v) is 4.60. The summed E-state index contributed by atoms with van der Waals surface area (Å²) in [5.41, 5.74) is 2.50. The molecule has 0 spiro atoms. The molecule has 24 heavy (non-hydrogen) atoms. The Hall–Kier alpha value is -2.69. The molecule has 0 radical (unpaired) electrons. The minimum atomic E-state index is -4.33. The summed E-state index contributed by atoms with van der Waals surface area (Å²) < 4.78 is 40.5. The topological polar surface area (TPSA) is 17.0 Å². The molecule has 1 aromatic heterocycles. The van der Waals surface area contributed by atoms with E-state index in [9.17, 15) is 13.2 Å². The van der Waals surface area contributed by atoms with Crippen LogP contribution in [0.15, 0.2) is 66.9 Å². The summed E-state index contributed by atoms with van der Waals surface area (Å²) in [6, 6.07) is 17.2. The van der Waals surface area contributed by atoms with Crippen molar-refractivity contribution >= 4 is 5.69 Å². The van der Waals surface area contributed by atoms with Crippen LogP contribution >= 0.6 is 0 Å². The third-order valence-electron chi connectivity index (χ3n) is 4.60. The van der Waals surface area contributed by atoms with Gasteiger partial charge in [-0.2, -0.15) is 13.2 Å². The number of halogens is 3. The van der Waals surface area contributed by atoms with Crippen molar-refractivity contribution in [1.82, 2.24) is 4.57 Å². The van der Waals surface area contributed by atoms with Gasteiger partial charge in [0.05, 0.1) is 22.6 Å². The van der Waals surface area contributed by atoms with Crippen molar-refractivity contribution in [2.24, 2.45) is 0 Å². The molecular weight excluding hydrogens is 313 g/mol. The lowest BCUT2D eigenvalue weighted by Gasteiger charge is -2.39. The van der Waals surface area contributed by atoms with Gasteiger partial charge in [0.2, 0.25) is 0 Å². The highest BCUT2D eigenvalue weighted by Gasteiger charge is 2.37. The largest absolute Gasteiger partial charge is 0.416 e. The molecule has 2 heterocycles. The van der Waals surface area contributed by atoms with E-state index in [1.54, 1.807) is 12.1 Å². The monoisotopic (exact) mass is 328 g/mol. The smallest absolute Gasteiger partial charge is 0.369 e. The summed E-state index contributed by atoms with van der Waals surface area (Å²) in [7, 11) is 0. The fourth-order valence-electron chi connectivity index (χ4n) is 3.33. The van der Waals surface area contributed by atoms with Crippen LogP contribution in [0.3, 0.4) is 0 Å². The molecule has 5 heteroatoms. The number of rotatable bonds is 1. The highest BCUT2D eigenvalue weighted by atomic mass is 19.4. The fourth-order valence-corrected chi connectivity index (χ4v) is 3.33. The average Bonchev–Trinajstić information content (AvgIpc) is 3.05. The first-order chi connectivity index (χ1) is 11.4. The molecule has 4 rings (SSSR count). The zero-order valence-electron chi connectivity index (χ0n) is 12.9. The van der Waals surface area contributed by atoms with Crippen molar-refractivity contribution in [3.8, 4) is 5.69 Å². The maximum Gasteiger partial charge on any atom is 0.416 e. The second-order valence-corrected chi connectivity index (χ2v) is 6.11. The molecule has 0 aliphatic carbocycles. The van der Waals surface area contributed by atoms with Crippen molar-refractivity contribution in [1.29, 1.82) is 0 Å². The van der Waals surface area contributed by atoms with E-state index in [1.807, 2.05) is 49.5 Å². The Bertz CT molecular complexity index is 893. The summed E-state index contributed by atoms with van der Waals surface area (Å²) >= 11 is 0. The molecule has 2 nitrogen and oxygen atoms in total. The Morgan fingerprint density at radius 2 is 1.62 bits per heavy atom. The van der Waals surface area contributed by atoms with Gasteiger partial charge in [-0.25, -0.2) is 0 Å². The van der Waals surface area contributed by atoms with E-state index in [0.29, 0.717) is 0 Å². The molecule has 2 aromatic carbocycles. The van der Waals surface area contributed by atoms with Gasteiger partial charge in [0.1, 0.15) is 5.54 Å². The Labute approximate surface area is 137 Å². The van der Waals surface area contributed by atoms with Crippen molar-refractivity contribution in [3.63, 3.8) is 0 Å². The quantitative estimate of drug-likeness (QED) is 0.651. The molecule has 1 atom stereocenters. The number of aromatic nitrogens is 1. The average molecular weight is 328 g/mol. The number of fused-ring (bicyclic) bond motifs is 3. The maximum atomic E-state index is 12.8. The lowest BCUT2D eigenvalue weighted by atomic mass is 9.86. The molecular formula is C19H15F3N2. The van der Waals surface area contributed by atoms with Gasteiger partial charge in [-0.05, 0) is 48.9 Å². The molecule has 1 unspecified atom stereocenters. The Morgan fingerprint density at radius 3 is 2.33 bits per heavy atom. The number of benzene rings is 2. The maximum absolute atomic E-state index is 12.8. The van der Waals surface area contributed by atoms with E-state index >= 15 is 0 Å². The first kappa shape index (κ1) is 14.9. The third kappa shape index (κ3) is 2.12. The van der Waals surface area contributed by atoms with Gasteiger partial charge < -0.3 is 9.88 Å². The standard InChI is InChI=1S/C19H15F3N2/c1-18(13-8-10-14(11-9-13)19(20,21)22)17-7-4-12-24(17)16-6-3-2-5-15(16)23-18/h2-12,23H,1H3. The predicted octanol–water partition coefficient (Wildman–Crippen LogP) is 5.19. The molecule has 1 aliphatic heterocycles. The van der Waals surface area contributed by atoms with Gasteiger partial charge in [-0.1, -0.05) is 24.3 Å². The summed E-state index contributed by atoms with van der Waals surface area (Å²) in [6.45, 7) is 1.98. The predicted molar refractivity (Wildman–Crippen MR) is 87.3 cm³/mol. The van der Waals surface area contributed by atoms with Crippen LogP contribution in [-0.4, -0.2) is 4.57 Å². The minimum absolute atomic E-state index is 0.609. The Morgan fingerprint density at radius 1 is 0.917 bits per heavy atom. The molecule has 1 aliphatic rings. The lowest BCUT2D eigenvalue weighted by molar-refractivity contribution is -0.137. The van der Waals surface area contributed by atoms with Crippen molar-refractivity contribution in [2.45, 2.75) is 18.6 Å². The second kappa shape index (κ2) is 4.90. The van der Waals surface area contributed by atoms with Crippen LogP contribution in [0, 0.1) is 0 Å². The zero-order valence-corrected chi connectivity index (χ0v) is 12.9.